The second kappa shape index (κ2) is 8.03. The molecule has 4 nitrogen and oxygen atoms in total. The zero-order valence-electron chi connectivity index (χ0n) is 15.1. The summed E-state index contributed by atoms with van der Waals surface area (Å²) in [5.41, 5.74) is 1.95. The van der Waals surface area contributed by atoms with Crippen LogP contribution >= 0.6 is 15.9 Å². The van der Waals surface area contributed by atoms with Crippen LogP contribution < -0.4 is 0 Å². The van der Waals surface area contributed by atoms with E-state index in [2.05, 4.69) is 15.9 Å². The minimum atomic E-state index is -0.483. The number of piperidine rings is 1. The zero-order valence-corrected chi connectivity index (χ0v) is 16.7. The van der Waals surface area contributed by atoms with Crippen molar-refractivity contribution < 1.29 is 14.6 Å². The molecule has 0 spiro atoms. The van der Waals surface area contributed by atoms with E-state index in [9.17, 15) is 9.90 Å². The Kier molecular flexibility index (Phi) is 5.50. The molecule has 2 saturated heterocycles. The molecule has 4 rings (SSSR count). The van der Waals surface area contributed by atoms with E-state index in [1.54, 1.807) is 0 Å². The fraction of sp³-hybridized carbons (Fsp3) is 0.409. The lowest BCUT2D eigenvalue weighted by Crippen LogP contribution is -2.47. The number of amides is 1. The van der Waals surface area contributed by atoms with Crippen LogP contribution in [0.1, 0.15) is 42.9 Å². The summed E-state index contributed by atoms with van der Waals surface area (Å²) >= 11 is 3.44. The number of carbonyl (C=O) groups is 1. The standard InChI is InChI=1S/C22H24BrNO3/c23-18-8-6-16(7-9-18)21(25)17-12-19-10-11-20(13-17)24(19)22(26)27-14-15-4-2-1-3-5-15/h1-9,17,19-21,25H,10-14H2. The molecule has 2 fully saturated rings. The van der Waals surface area contributed by atoms with Gasteiger partial charge in [0.05, 0.1) is 6.10 Å². The van der Waals surface area contributed by atoms with Crippen molar-refractivity contribution in [2.75, 3.05) is 0 Å². The molecule has 3 unspecified atom stereocenters. The van der Waals surface area contributed by atoms with Crippen LogP contribution in [-0.4, -0.2) is 28.2 Å². The molecule has 3 atom stereocenters. The van der Waals surface area contributed by atoms with Crippen molar-refractivity contribution in [2.45, 2.75) is 50.5 Å². The third-order valence-electron chi connectivity index (χ3n) is 5.84. The highest BCUT2D eigenvalue weighted by atomic mass is 79.9. The first-order chi connectivity index (χ1) is 13.1. The van der Waals surface area contributed by atoms with Crippen LogP contribution in [0.5, 0.6) is 0 Å². The number of fused-ring (bicyclic) bond motifs is 2. The SMILES string of the molecule is O=C(OCc1ccccc1)N1C2CCC1CC(C(O)c1ccc(Br)cc1)C2. The zero-order chi connectivity index (χ0) is 18.8. The first kappa shape index (κ1) is 18.5. The van der Waals surface area contributed by atoms with E-state index < -0.39 is 6.10 Å². The number of halogens is 1. The molecule has 2 heterocycles. The molecular weight excluding hydrogens is 406 g/mol. The highest BCUT2D eigenvalue weighted by molar-refractivity contribution is 9.10. The van der Waals surface area contributed by atoms with Crippen LogP contribution in [0.15, 0.2) is 59.1 Å². The van der Waals surface area contributed by atoms with Crippen molar-refractivity contribution >= 4 is 22.0 Å². The maximum atomic E-state index is 12.7. The van der Waals surface area contributed by atoms with Gasteiger partial charge in [-0.1, -0.05) is 58.4 Å². The number of aliphatic hydroxyl groups is 1. The summed E-state index contributed by atoms with van der Waals surface area (Å²) < 4.78 is 6.57. The van der Waals surface area contributed by atoms with Gasteiger partial charge in [-0.25, -0.2) is 4.79 Å². The van der Waals surface area contributed by atoms with Gasteiger partial charge in [0.2, 0.25) is 0 Å². The lowest BCUT2D eigenvalue weighted by molar-refractivity contribution is 0.0154. The van der Waals surface area contributed by atoms with Crippen molar-refractivity contribution in [1.82, 2.24) is 4.90 Å². The van der Waals surface area contributed by atoms with E-state index in [1.165, 1.54) is 0 Å². The fourth-order valence-electron chi connectivity index (χ4n) is 4.50. The molecule has 5 heteroatoms. The molecular formula is C22H24BrNO3. The van der Waals surface area contributed by atoms with Crippen LogP contribution in [-0.2, 0) is 11.3 Å². The van der Waals surface area contributed by atoms with E-state index in [4.69, 9.17) is 4.74 Å². The molecule has 0 saturated carbocycles. The van der Waals surface area contributed by atoms with Crippen molar-refractivity contribution in [3.8, 4) is 0 Å². The molecule has 0 aliphatic carbocycles. The summed E-state index contributed by atoms with van der Waals surface area (Å²) in [6, 6.07) is 18.0. The molecule has 1 amide bonds. The van der Waals surface area contributed by atoms with Gasteiger partial charge in [-0.05, 0) is 54.9 Å². The second-order valence-electron chi connectivity index (χ2n) is 7.56. The van der Waals surface area contributed by atoms with Gasteiger partial charge in [0.15, 0.2) is 0 Å². The van der Waals surface area contributed by atoms with Crippen molar-refractivity contribution in [2.24, 2.45) is 5.92 Å². The Morgan fingerprint density at radius 1 is 1.07 bits per heavy atom. The predicted octanol–water partition coefficient (Wildman–Crippen LogP) is 5.06. The summed E-state index contributed by atoms with van der Waals surface area (Å²) in [6.07, 6.45) is 2.94. The molecule has 27 heavy (non-hydrogen) atoms. The number of hydrogen-bond donors (Lipinski definition) is 1. The van der Waals surface area contributed by atoms with E-state index in [0.717, 1.165) is 41.3 Å². The van der Waals surface area contributed by atoms with E-state index in [1.807, 2.05) is 59.5 Å². The Morgan fingerprint density at radius 2 is 1.70 bits per heavy atom. The molecule has 2 aromatic carbocycles. The quantitative estimate of drug-likeness (QED) is 0.738. The van der Waals surface area contributed by atoms with E-state index in [0.29, 0.717) is 6.61 Å². The maximum absolute atomic E-state index is 12.7. The first-order valence-corrected chi connectivity index (χ1v) is 10.3. The van der Waals surface area contributed by atoms with Gasteiger partial charge >= 0.3 is 6.09 Å². The van der Waals surface area contributed by atoms with Crippen LogP contribution in [0.2, 0.25) is 0 Å². The maximum Gasteiger partial charge on any atom is 0.410 e. The lowest BCUT2D eigenvalue weighted by atomic mass is 9.84. The molecule has 2 aliphatic heterocycles. The second-order valence-corrected chi connectivity index (χ2v) is 8.48. The summed E-state index contributed by atoms with van der Waals surface area (Å²) in [6.45, 7) is 0.306. The highest BCUT2D eigenvalue weighted by Gasteiger charge is 2.45. The molecule has 2 bridgehead atoms. The Labute approximate surface area is 168 Å². The van der Waals surface area contributed by atoms with E-state index >= 15 is 0 Å². The summed E-state index contributed by atoms with van der Waals surface area (Å²) in [5, 5.41) is 10.8. The number of hydrogen-bond acceptors (Lipinski definition) is 3. The van der Waals surface area contributed by atoms with Crippen LogP contribution in [0, 0.1) is 5.92 Å². The van der Waals surface area contributed by atoms with Crippen LogP contribution in [0.4, 0.5) is 4.79 Å². The summed E-state index contributed by atoms with van der Waals surface area (Å²) in [7, 11) is 0. The number of carbonyl (C=O) groups excluding carboxylic acids is 1. The van der Waals surface area contributed by atoms with Gasteiger partial charge in [0.1, 0.15) is 6.61 Å². The van der Waals surface area contributed by atoms with Gasteiger partial charge in [-0.2, -0.15) is 0 Å². The highest BCUT2D eigenvalue weighted by Crippen LogP contribution is 2.43. The monoisotopic (exact) mass is 429 g/mol. The summed E-state index contributed by atoms with van der Waals surface area (Å²) in [4.78, 5) is 14.6. The van der Waals surface area contributed by atoms with Crippen molar-refractivity contribution in [3.63, 3.8) is 0 Å². The summed E-state index contributed by atoms with van der Waals surface area (Å²) in [5.74, 6) is 0.182. The van der Waals surface area contributed by atoms with Gasteiger partial charge in [0.25, 0.3) is 0 Å². The number of aliphatic hydroxyl groups excluding tert-OH is 1. The van der Waals surface area contributed by atoms with Crippen molar-refractivity contribution in [1.29, 1.82) is 0 Å². The Bertz CT molecular complexity index is 766. The smallest absolute Gasteiger partial charge is 0.410 e. The van der Waals surface area contributed by atoms with Crippen LogP contribution in [0.25, 0.3) is 0 Å². The largest absolute Gasteiger partial charge is 0.445 e. The fourth-order valence-corrected chi connectivity index (χ4v) is 4.77. The average molecular weight is 430 g/mol. The lowest BCUT2D eigenvalue weighted by Gasteiger charge is -2.39. The Balaban J connectivity index is 1.38. The first-order valence-electron chi connectivity index (χ1n) is 9.54. The van der Waals surface area contributed by atoms with Crippen molar-refractivity contribution in [3.05, 3.63) is 70.2 Å². The predicted molar refractivity (Wildman–Crippen MR) is 107 cm³/mol. The molecule has 1 N–H and O–H groups in total. The van der Waals surface area contributed by atoms with Crippen LogP contribution in [0.3, 0.4) is 0 Å². The third kappa shape index (κ3) is 4.04. The number of nitrogens with zero attached hydrogens (tertiary/aromatic N) is 1. The normalized spacial score (nSPS) is 25.3. The number of ether oxygens (including phenoxy) is 1. The third-order valence-corrected chi connectivity index (χ3v) is 6.37. The average Bonchev–Trinajstić information content (AvgIpc) is 2.96. The topological polar surface area (TPSA) is 49.8 Å². The number of rotatable bonds is 4. The number of benzene rings is 2. The van der Waals surface area contributed by atoms with Gasteiger partial charge < -0.3 is 14.7 Å². The minimum Gasteiger partial charge on any atom is -0.445 e. The molecule has 0 radical (unpaired) electrons. The Hall–Kier alpha value is -1.85. The molecule has 2 aliphatic rings. The minimum absolute atomic E-state index is 0.169. The van der Waals surface area contributed by atoms with E-state index in [-0.39, 0.29) is 24.1 Å². The van der Waals surface area contributed by atoms with Gasteiger partial charge in [-0.3, -0.25) is 0 Å². The Morgan fingerprint density at radius 3 is 2.33 bits per heavy atom. The molecule has 142 valence electrons. The molecule has 2 aromatic rings. The van der Waals surface area contributed by atoms with Gasteiger partial charge in [-0.15, -0.1) is 0 Å². The molecule has 0 aromatic heterocycles. The van der Waals surface area contributed by atoms with Gasteiger partial charge in [0, 0.05) is 16.6 Å².